The molecule has 0 spiro atoms. The van der Waals surface area contributed by atoms with E-state index in [0.717, 1.165) is 6.20 Å². The molecule has 2 aromatic carbocycles. The van der Waals surface area contributed by atoms with Crippen molar-refractivity contribution in [2.45, 2.75) is 16.7 Å². The highest BCUT2D eigenvalue weighted by atomic mass is 35.5. The summed E-state index contributed by atoms with van der Waals surface area (Å²) in [6.45, 7) is 0. The van der Waals surface area contributed by atoms with Gasteiger partial charge in [0.05, 0.1) is 22.7 Å². The van der Waals surface area contributed by atoms with Crippen LogP contribution < -0.4 is 10.6 Å². The first-order valence-corrected chi connectivity index (χ1v) is 11.1. The maximum atomic E-state index is 13.8. The molecule has 2 N–H and O–H groups in total. The molecule has 2 atom stereocenters. The summed E-state index contributed by atoms with van der Waals surface area (Å²) >= 11 is 18.7. The fourth-order valence-corrected chi connectivity index (χ4v) is 4.63. The molecule has 0 saturated heterocycles. The lowest BCUT2D eigenvalue weighted by Gasteiger charge is -2.10. The van der Waals surface area contributed by atoms with E-state index in [1.807, 2.05) is 0 Å². The highest BCUT2D eigenvalue weighted by Gasteiger charge is 2.67. The van der Waals surface area contributed by atoms with Gasteiger partial charge in [-0.15, -0.1) is 23.2 Å². The van der Waals surface area contributed by atoms with Crippen LogP contribution >= 0.6 is 34.8 Å². The molecule has 1 saturated carbocycles. The molecule has 12 heteroatoms. The minimum Gasteiger partial charge on any atom is -0.326 e. The molecular weight excluding hydrogens is 533 g/mol. The molecule has 2 amide bonds. The Bertz CT molecular complexity index is 1310. The van der Waals surface area contributed by atoms with Gasteiger partial charge in [-0.25, -0.2) is 22.5 Å². The first kappa shape index (κ1) is 25.2. The Morgan fingerprint density at radius 2 is 1.69 bits per heavy atom. The molecule has 1 aliphatic rings. The monoisotopic (exact) mass is 545 g/mol. The van der Waals surface area contributed by atoms with Crippen LogP contribution in [0.25, 0.3) is 0 Å². The fourth-order valence-electron chi connectivity index (χ4n) is 3.59. The van der Waals surface area contributed by atoms with Crippen molar-refractivity contribution in [3.05, 3.63) is 88.1 Å². The van der Waals surface area contributed by atoms with Crippen molar-refractivity contribution < 1.29 is 27.2 Å². The summed E-state index contributed by atoms with van der Waals surface area (Å²) in [6, 6.07) is 9.91. The van der Waals surface area contributed by atoms with Crippen molar-refractivity contribution in [1.82, 2.24) is 4.98 Å². The van der Waals surface area contributed by atoms with Crippen LogP contribution in [-0.2, 0) is 4.79 Å². The zero-order chi connectivity index (χ0) is 25.5. The number of aromatic nitrogens is 1. The first-order valence-electron chi connectivity index (χ1n) is 9.97. The van der Waals surface area contributed by atoms with Crippen LogP contribution in [0, 0.1) is 17.6 Å². The van der Waals surface area contributed by atoms with Crippen molar-refractivity contribution in [2.75, 3.05) is 10.6 Å². The maximum Gasteiger partial charge on any atom is 0.263 e. The third-order valence-electron chi connectivity index (χ3n) is 5.40. The lowest BCUT2D eigenvalue weighted by Crippen LogP contribution is -2.18. The van der Waals surface area contributed by atoms with E-state index in [9.17, 15) is 27.2 Å². The van der Waals surface area contributed by atoms with Crippen LogP contribution in [0.15, 0.2) is 54.7 Å². The van der Waals surface area contributed by atoms with Crippen LogP contribution in [-0.4, -0.2) is 21.1 Å². The van der Waals surface area contributed by atoms with Gasteiger partial charge < -0.3 is 10.6 Å². The van der Waals surface area contributed by atoms with E-state index in [0.29, 0.717) is 11.6 Å². The quantitative estimate of drug-likeness (QED) is 0.266. The molecule has 0 aliphatic heterocycles. The summed E-state index contributed by atoms with van der Waals surface area (Å²) in [6.07, 6.45) is -1.90. The Morgan fingerprint density at radius 3 is 2.31 bits per heavy atom. The van der Waals surface area contributed by atoms with Gasteiger partial charge in [0.25, 0.3) is 12.3 Å². The summed E-state index contributed by atoms with van der Waals surface area (Å²) in [5.74, 6) is -5.46. The van der Waals surface area contributed by atoms with Gasteiger partial charge in [0.15, 0.2) is 11.6 Å². The van der Waals surface area contributed by atoms with E-state index in [-0.39, 0.29) is 21.8 Å². The van der Waals surface area contributed by atoms with Gasteiger partial charge >= 0.3 is 0 Å². The third-order valence-corrected chi connectivity index (χ3v) is 6.67. The number of nitrogens with one attached hydrogen (secondary N) is 2. The zero-order valence-corrected chi connectivity index (χ0v) is 19.6. The van der Waals surface area contributed by atoms with Crippen molar-refractivity contribution in [2.24, 2.45) is 5.92 Å². The number of halogens is 7. The molecule has 4 rings (SSSR count). The molecule has 5 nitrogen and oxygen atoms in total. The molecule has 1 heterocycles. The molecule has 0 radical (unpaired) electrons. The number of pyridine rings is 1. The van der Waals surface area contributed by atoms with E-state index in [1.54, 1.807) is 0 Å². The number of carbonyl (C=O) groups excluding carboxylic acids is 2. The van der Waals surface area contributed by atoms with Crippen molar-refractivity contribution >= 4 is 58.1 Å². The summed E-state index contributed by atoms with van der Waals surface area (Å²) in [5.41, 5.74) is 0.394. The van der Waals surface area contributed by atoms with Gasteiger partial charge in [-0.3, -0.25) is 9.59 Å². The van der Waals surface area contributed by atoms with E-state index >= 15 is 0 Å². The predicted molar refractivity (Wildman–Crippen MR) is 124 cm³/mol. The molecular formula is C23H14Cl3F4N3O2. The lowest BCUT2D eigenvalue weighted by molar-refractivity contribution is -0.117. The number of hydrogen-bond acceptors (Lipinski definition) is 3. The van der Waals surface area contributed by atoms with Gasteiger partial charge in [-0.2, -0.15) is 0 Å². The van der Waals surface area contributed by atoms with Crippen LogP contribution in [0.1, 0.15) is 33.8 Å². The Balaban J connectivity index is 1.49. The van der Waals surface area contributed by atoms with Crippen molar-refractivity contribution in [3.63, 3.8) is 0 Å². The molecule has 1 aliphatic carbocycles. The largest absolute Gasteiger partial charge is 0.326 e. The molecule has 0 unspecified atom stereocenters. The van der Waals surface area contributed by atoms with E-state index in [2.05, 4.69) is 15.6 Å². The standard InChI is InChI=1S/C23H14Cl3F4N3O2/c24-15-6-5-13(8-14(15)21(34)33-20-16(28)7-12(27)9-31-20)32-22(35)18-17(23(18,25)26)10-1-3-11(4-2-10)19(29)30/h1-9,17-19H,(H,32,35)(H,31,33,34)/t17-,18+/m0/s1. The van der Waals surface area contributed by atoms with Gasteiger partial charge in [-0.05, 0) is 23.8 Å². The van der Waals surface area contributed by atoms with Gasteiger partial charge in [-0.1, -0.05) is 35.9 Å². The number of anilines is 2. The normalized spacial score (nSPS) is 18.3. The van der Waals surface area contributed by atoms with Gasteiger partial charge in [0, 0.05) is 23.2 Å². The molecule has 0 bridgehead atoms. The number of carbonyl (C=O) groups is 2. The number of nitrogens with zero attached hydrogens (tertiary/aromatic N) is 1. The van der Waals surface area contributed by atoms with Gasteiger partial charge in [0.1, 0.15) is 10.2 Å². The van der Waals surface area contributed by atoms with E-state index < -0.39 is 51.9 Å². The molecule has 1 aromatic heterocycles. The minimum absolute atomic E-state index is 0.00419. The number of alkyl halides is 4. The molecule has 3 aromatic rings. The highest BCUT2D eigenvalue weighted by Crippen LogP contribution is 2.65. The van der Waals surface area contributed by atoms with Crippen molar-refractivity contribution in [1.29, 1.82) is 0 Å². The number of rotatable bonds is 6. The second-order valence-corrected chi connectivity index (χ2v) is 9.57. The number of hydrogen-bond donors (Lipinski definition) is 2. The van der Waals surface area contributed by atoms with Crippen LogP contribution in [0.3, 0.4) is 0 Å². The predicted octanol–water partition coefficient (Wildman–Crippen LogP) is 6.73. The van der Waals surface area contributed by atoms with Gasteiger partial charge in [0.2, 0.25) is 5.91 Å². The molecule has 1 fully saturated rings. The average molecular weight is 547 g/mol. The first-order chi connectivity index (χ1) is 16.5. The smallest absolute Gasteiger partial charge is 0.263 e. The lowest BCUT2D eigenvalue weighted by atomic mass is 10.1. The maximum absolute atomic E-state index is 13.8. The van der Waals surface area contributed by atoms with E-state index in [1.165, 1.54) is 42.5 Å². The Morgan fingerprint density at radius 1 is 1.00 bits per heavy atom. The topological polar surface area (TPSA) is 71.1 Å². The summed E-state index contributed by atoms with van der Waals surface area (Å²) in [5, 5.41) is 4.76. The van der Waals surface area contributed by atoms with E-state index in [4.69, 9.17) is 34.8 Å². The fraction of sp³-hybridized carbons (Fsp3) is 0.174. The number of benzene rings is 2. The summed E-state index contributed by atoms with van der Waals surface area (Å²) < 4.78 is 51.0. The van der Waals surface area contributed by atoms with Crippen LogP contribution in [0.2, 0.25) is 5.02 Å². The minimum atomic E-state index is -2.63. The van der Waals surface area contributed by atoms with Crippen LogP contribution in [0.4, 0.5) is 29.1 Å². The van der Waals surface area contributed by atoms with Crippen LogP contribution in [0.5, 0.6) is 0 Å². The molecule has 35 heavy (non-hydrogen) atoms. The summed E-state index contributed by atoms with van der Waals surface area (Å²) in [7, 11) is 0. The Kier molecular flexibility index (Phi) is 6.95. The second-order valence-electron chi connectivity index (χ2n) is 7.72. The third kappa shape index (κ3) is 5.22. The molecule has 182 valence electrons. The average Bonchev–Trinajstić information content (AvgIpc) is 3.38. The number of amides is 2. The second kappa shape index (κ2) is 9.64. The Hall–Kier alpha value is -2.88. The van der Waals surface area contributed by atoms with Crippen molar-refractivity contribution in [3.8, 4) is 0 Å². The Labute approximate surface area is 211 Å². The summed E-state index contributed by atoms with van der Waals surface area (Å²) in [4.78, 5) is 28.9. The SMILES string of the molecule is O=C(Nc1ncc(F)cc1F)c1cc(NC(=O)[C@H]2[C@H](c3ccc(C(F)F)cc3)C2(Cl)Cl)ccc1Cl. The highest BCUT2D eigenvalue weighted by molar-refractivity contribution is 6.53. The zero-order valence-electron chi connectivity index (χ0n) is 17.3.